The number of nitrogens with zero attached hydrogens (tertiary/aromatic N) is 4. The maximum absolute atomic E-state index is 11.9. The normalized spacial score (nSPS) is 12.2. The average molecular weight is 273 g/mol. The Balaban J connectivity index is 1.85. The van der Waals surface area contributed by atoms with Crippen molar-refractivity contribution in [1.82, 2.24) is 25.1 Å². The smallest absolute Gasteiger partial charge is 0.222 e. The first kappa shape index (κ1) is 14.2. The predicted octanol–water partition coefficient (Wildman–Crippen LogP) is 1.56. The van der Waals surface area contributed by atoms with Gasteiger partial charge in [-0.05, 0) is 38.5 Å². The van der Waals surface area contributed by atoms with E-state index in [9.17, 15) is 4.79 Å². The Morgan fingerprint density at radius 2 is 2.05 bits per heavy atom. The molecule has 1 amide bonds. The molecular formula is C14H19N5O. The summed E-state index contributed by atoms with van der Waals surface area (Å²) in [4.78, 5) is 20.1. The lowest BCUT2D eigenvalue weighted by molar-refractivity contribution is -0.122. The van der Waals surface area contributed by atoms with E-state index in [1.165, 1.54) is 0 Å². The molecule has 1 atom stereocenters. The molecule has 0 aliphatic heterocycles. The first-order valence-corrected chi connectivity index (χ1v) is 6.63. The molecule has 2 heterocycles. The standard InChI is InChI=1S/C14H19N5O/c1-10(13-4-7-15-8-5-13)16-14(20)6-9-19-12(3)17-11(2)18-19/h4-5,7-8,10H,6,9H2,1-3H3,(H,16,20)/t10-/m1/s1. The van der Waals surface area contributed by atoms with Gasteiger partial charge in [0.25, 0.3) is 0 Å². The fourth-order valence-electron chi connectivity index (χ4n) is 2.03. The molecule has 106 valence electrons. The van der Waals surface area contributed by atoms with Crippen molar-refractivity contribution in [1.29, 1.82) is 0 Å². The highest BCUT2D eigenvalue weighted by atomic mass is 16.1. The van der Waals surface area contributed by atoms with E-state index in [0.29, 0.717) is 13.0 Å². The van der Waals surface area contributed by atoms with Gasteiger partial charge in [-0.1, -0.05) is 0 Å². The van der Waals surface area contributed by atoms with Gasteiger partial charge in [-0.3, -0.25) is 9.78 Å². The molecule has 0 aromatic carbocycles. The Hall–Kier alpha value is -2.24. The maximum Gasteiger partial charge on any atom is 0.222 e. The monoisotopic (exact) mass is 273 g/mol. The van der Waals surface area contributed by atoms with Gasteiger partial charge in [0.05, 0.1) is 12.6 Å². The van der Waals surface area contributed by atoms with E-state index in [1.54, 1.807) is 17.1 Å². The summed E-state index contributed by atoms with van der Waals surface area (Å²) >= 11 is 0. The van der Waals surface area contributed by atoms with Crippen molar-refractivity contribution in [3.8, 4) is 0 Å². The second-order valence-corrected chi connectivity index (χ2v) is 4.75. The van der Waals surface area contributed by atoms with Gasteiger partial charge in [-0.2, -0.15) is 5.10 Å². The highest BCUT2D eigenvalue weighted by Gasteiger charge is 2.10. The van der Waals surface area contributed by atoms with Crippen molar-refractivity contribution in [2.45, 2.75) is 39.8 Å². The molecule has 0 saturated heterocycles. The molecule has 0 fully saturated rings. The van der Waals surface area contributed by atoms with Crippen LogP contribution in [0.5, 0.6) is 0 Å². The number of carbonyl (C=O) groups excluding carboxylic acids is 1. The zero-order chi connectivity index (χ0) is 14.5. The van der Waals surface area contributed by atoms with Crippen molar-refractivity contribution < 1.29 is 4.79 Å². The highest BCUT2D eigenvalue weighted by molar-refractivity contribution is 5.76. The summed E-state index contributed by atoms with van der Waals surface area (Å²) in [6, 6.07) is 3.77. The fraction of sp³-hybridized carbons (Fsp3) is 0.429. The Labute approximate surface area is 118 Å². The van der Waals surface area contributed by atoms with E-state index in [4.69, 9.17) is 0 Å². The highest BCUT2D eigenvalue weighted by Crippen LogP contribution is 2.10. The Morgan fingerprint density at radius 1 is 1.35 bits per heavy atom. The third kappa shape index (κ3) is 3.63. The summed E-state index contributed by atoms with van der Waals surface area (Å²) in [5.74, 6) is 1.56. The van der Waals surface area contributed by atoms with Crippen LogP contribution in [-0.2, 0) is 11.3 Å². The van der Waals surface area contributed by atoms with Crippen molar-refractivity contribution >= 4 is 5.91 Å². The second-order valence-electron chi connectivity index (χ2n) is 4.75. The molecule has 2 aromatic rings. The number of pyridine rings is 1. The number of nitrogens with one attached hydrogen (secondary N) is 1. The summed E-state index contributed by atoms with van der Waals surface area (Å²) in [6.45, 7) is 6.23. The van der Waals surface area contributed by atoms with Crippen LogP contribution in [0.3, 0.4) is 0 Å². The van der Waals surface area contributed by atoms with Crippen molar-refractivity contribution in [2.24, 2.45) is 0 Å². The minimum Gasteiger partial charge on any atom is -0.350 e. The summed E-state index contributed by atoms with van der Waals surface area (Å²) < 4.78 is 1.76. The van der Waals surface area contributed by atoms with E-state index < -0.39 is 0 Å². The minimum absolute atomic E-state index is 0.00173. The van der Waals surface area contributed by atoms with Gasteiger partial charge in [-0.25, -0.2) is 9.67 Å². The van der Waals surface area contributed by atoms with Crippen LogP contribution in [0, 0.1) is 13.8 Å². The minimum atomic E-state index is -0.0240. The van der Waals surface area contributed by atoms with Gasteiger partial charge in [0.15, 0.2) is 0 Å². The van der Waals surface area contributed by atoms with Crippen LogP contribution in [0.15, 0.2) is 24.5 Å². The lowest BCUT2D eigenvalue weighted by Crippen LogP contribution is -2.27. The maximum atomic E-state index is 11.9. The van der Waals surface area contributed by atoms with Crippen LogP contribution < -0.4 is 5.32 Å². The molecule has 2 rings (SSSR count). The zero-order valence-corrected chi connectivity index (χ0v) is 12.0. The SMILES string of the molecule is Cc1nc(C)n(CCC(=O)N[C@H](C)c2ccncc2)n1. The van der Waals surface area contributed by atoms with E-state index in [2.05, 4.69) is 20.4 Å². The van der Waals surface area contributed by atoms with Crippen LogP contribution in [0.1, 0.15) is 36.6 Å². The van der Waals surface area contributed by atoms with Gasteiger partial charge in [0.1, 0.15) is 11.6 Å². The Kier molecular flexibility index (Phi) is 4.45. The average Bonchev–Trinajstić information content (AvgIpc) is 2.75. The lowest BCUT2D eigenvalue weighted by Gasteiger charge is -2.14. The van der Waals surface area contributed by atoms with Gasteiger partial charge < -0.3 is 5.32 Å². The molecule has 1 N–H and O–H groups in total. The third-order valence-corrected chi connectivity index (χ3v) is 3.10. The van der Waals surface area contributed by atoms with Gasteiger partial charge in [0, 0.05) is 18.8 Å². The number of carbonyl (C=O) groups is 1. The van der Waals surface area contributed by atoms with E-state index >= 15 is 0 Å². The molecular weight excluding hydrogens is 254 g/mol. The Bertz CT molecular complexity index is 579. The zero-order valence-electron chi connectivity index (χ0n) is 12.0. The Morgan fingerprint density at radius 3 is 2.65 bits per heavy atom. The van der Waals surface area contributed by atoms with Crippen molar-refractivity contribution in [2.75, 3.05) is 0 Å². The van der Waals surface area contributed by atoms with Crippen LogP contribution >= 0.6 is 0 Å². The largest absolute Gasteiger partial charge is 0.350 e. The van der Waals surface area contributed by atoms with E-state index in [1.807, 2.05) is 32.9 Å². The molecule has 0 bridgehead atoms. The summed E-state index contributed by atoms with van der Waals surface area (Å²) in [5, 5.41) is 7.20. The van der Waals surface area contributed by atoms with Gasteiger partial charge >= 0.3 is 0 Å². The third-order valence-electron chi connectivity index (χ3n) is 3.10. The fourth-order valence-corrected chi connectivity index (χ4v) is 2.03. The number of rotatable bonds is 5. The van der Waals surface area contributed by atoms with Crippen LogP contribution in [0.4, 0.5) is 0 Å². The predicted molar refractivity (Wildman–Crippen MR) is 74.9 cm³/mol. The van der Waals surface area contributed by atoms with Gasteiger partial charge in [-0.15, -0.1) is 0 Å². The quantitative estimate of drug-likeness (QED) is 0.897. The molecule has 0 unspecified atom stereocenters. The summed E-state index contributed by atoms with van der Waals surface area (Å²) in [5.41, 5.74) is 1.04. The molecule has 2 aromatic heterocycles. The number of aromatic nitrogens is 4. The summed E-state index contributed by atoms with van der Waals surface area (Å²) in [7, 11) is 0. The topological polar surface area (TPSA) is 72.7 Å². The number of aryl methyl sites for hydroxylation is 3. The molecule has 6 heteroatoms. The first-order valence-electron chi connectivity index (χ1n) is 6.63. The van der Waals surface area contributed by atoms with Gasteiger partial charge in [0.2, 0.25) is 5.91 Å². The molecule has 0 aliphatic rings. The number of hydrogen-bond acceptors (Lipinski definition) is 4. The van der Waals surface area contributed by atoms with Crippen molar-refractivity contribution in [3.05, 3.63) is 41.7 Å². The molecule has 0 saturated carbocycles. The molecule has 0 radical (unpaired) electrons. The molecule has 0 aliphatic carbocycles. The van der Waals surface area contributed by atoms with Crippen LogP contribution in [-0.4, -0.2) is 25.7 Å². The second kappa shape index (κ2) is 6.27. The van der Waals surface area contributed by atoms with E-state index in [-0.39, 0.29) is 11.9 Å². The molecule has 0 spiro atoms. The van der Waals surface area contributed by atoms with Crippen LogP contribution in [0.25, 0.3) is 0 Å². The number of hydrogen-bond donors (Lipinski definition) is 1. The number of amides is 1. The van der Waals surface area contributed by atoms with E-state index in [0.717, 1.165) is 17.2 Å². The summed E-state index contributed by atoms with van der Waals surface area (Å²) in [6.07, 6.45) is 3.83. The molecule has 6 nitrogen and oxygen atoms in total. The first-order chi connectivity index (χ1) is 9.56. The molecule has 20 heavy (non-hydrogen) atoms. The lowest BCUT2D eigenvalue weighted by atomic mass is 10.1. The van der Waals surface area contributed by atoms with Crippen molar-refractivity contribution in [3.63, 3.8) is 0 Å². The van der Waals surface area contributed by atoms with Crippen LogP contribution in [0.2, 0.25) is 0 Å².